The lowest BCUT2D eigenvalue weighted by atomic mass is 10.2. The monoisotopic (exact) mass is 564 g/mol. The highest BCUT2D eigenvalue weighted by Crippen LogP contribution is 2.32. The van der Waals surface area contributed by atoms with E-state index in [0.29, 0.717) is 65.9 Å². The molecule has 0 saturated carbocycles. The summed E-state index contributed by atoms with van der Waals surface area (Å²) >= 11 is 1.28. The first-order chi connectivity index (χ1) is 19.3. The number of aryl methyl sites for hydroxylation is 1. The van der Waals surface area contributed by atoms with Gasteiger partial charge in [-0.3, -0.25) is 9.59 Å². The summed E-state index contributed by atoms with van der Waals surface area (Å²) in [6.07, 6.45) is 5.93. The number of ether oxygens (including phenoxy) is 2. The second-order valence-electron chi connectivity index (χ2n) is 9.07. The van der Waals surface area contributed by atoms with Crippen LogP contribution in [0.4, 0.5) is 5.95 Å². The number of aldehydes is 1. The Kier molecular flexibility index (Phi) is 9.00. The van der Waals surface area contributed by atoms with Crippen molar-refractivity contribution in [1.29, 1.82) is 0 Å². The number of methoxy groups -OCH3 is 1. The number of nitrogens with zero attached hydrogens (tertiary/aromatic N) is 4. The number of hydrogen-bond acceptors (Lipinski definition) is 8. The Morgan fingerprint density at radius 2 is 1.88 bits per heavy atom. The van der Waals surface area contributed by atoms with Crippen LogP contribution in [0.1, 0.15) is 35.7 Å². The summed E-state index contributed by atoms with van der Waals surface area (Å²) in [5.74, 6) is 0.951. The molecule has 3 N–H and O–H groups in total. The van der Waals surface area contributed by atoms with Crippen molar-refractivity contribution in [3.05, 3.63) is 52.3 Å². The van der Waals surface area contributed by atoms with Gasteiger partial charge in [0.2, 0.25) is 17.8 Å². The molecular weight excluding hydrogens is 532 g/mol. The van der Waals surface area contributed by atoms with E-state index in [4.69, 9.17) is 20.2 Å². The van der Waals surface area contributed by atoms with Crippen LogP contribution in [0.15, 0.2) is 41.4 Å². The largest absolute Gasteiger partial charge is 0.494 e. The van der Waals surface area contributed by atoms with Crippen molar-refractivity contribution in [3.63, 3.8) is 0 Å². The number of carbonyl (C=O) groups is 3. The predicted octanol–water partition coefficient (Wildman–Crippen LogP) is 3.57. The number of nitrogens with two attached hydrogens (primary N) is 1. The number of nitrogens with one attached hydrogen (secondary N) is 1. The Labute approximate surface area is 234 Å². The molecule has 11 nitrogen and oxygen atoms in total. The molecule has 0 spiro atoms. The van der Waals surface area contributed by atoms with Crippen molar-refractivity contribution in [2.75, 3.05) is 26.1 Å². The molecule has 4 rings (SSSR count). The van der Waals surface area contributed by atoms with Gasteiger partial charge < -0.3 is 34.5 Å². The highest BCUT2D eigenvalue weighted by atomic mass is 32.1. The van der Waals surface area contributed by atoms with Crippen molar-refractivity contribution in [1.82, 2.24) is 14.1 Å². The van der Waals surface area contributed by atoms with Gasteiger partial charge in [-0.05, 0) is 43.2 Å². The molecular formula is C28H32N6O5S. The number of anilines is 1. The van der Waals surface area contributed by atoms with E-state index in [1.54, 1.807) is 12.1 Å². The molecule has 0 saturated heterocycles. The fourth-order valence-electron chi connectivity index (χ4n) is 4.41. The number of imidazole rings is 1. The molecule has 2 aromatic carbocycles. The maximum atomic E-state index is 11.9. The van der Waals surface area contributed by atoms with Crippen molar-refractivity contribution < 1.29 is 23.9 Å². The van der Waals surface area contributed by atoms with Gasteiger partial charge in [-0.2, -0.15) is 4.99 Å². The van der Waals surface area contributed by atoms with Gasteiger partial charge in [0.1, 0.15) is 28.8 Å². The van der Waals surface area contributed by atoms with Gasteiger partial charge in [0, 0.05) is 39.0 Å². The lowest BCUT2D eigenvalue weighted by Gasteiger charge is -2.12. The van der Waals surface area contributed by atoms with E-state index in [1.165, 1.54) is 25.4 Å². The van der Waals surface area contributed by atoms with Gasteiger partial charge in [-0.15, -0.1) is 0 Å². The number of carbonyl (C=O) groups excluding carboxylic acids is 3. The first-order valence-corrected chi connectivity index (χ1v) is 13.6. The van der Waals surface area contributed by atoms with Gasteiger partial charge in [-0.25, -0.2) is 4.98 Å². The zero-order valence-corrected chi connectivity index (χ0v) is 23.7. The highest BCUT2D eigenvalue weighted by molar-refractivity contribution is 7.16. The Morgan fingerprint density at radius 3 is 2.52 bits per heavy atom. The number of thiazole rings is 1. The van der Waals surface area contributed by atoms with Gasteiger partial charge in [-0.1, -0.05) is 23.5 Å². The minimum Gasteiger partial charge on any atom is -0.494 e. The summed E-state index contributed by atoms with van der Waals surface area (Å²) in [6, 6.07) is 7.24. The van der Waals surface area contributed by atoms with Gasteiger partial charge in [0.05, 0.1) is 23.9 Å². The summed E-state index contributed by atoms with van der Waals surface area (Å²) < 4.78 is 16.2. The Balaban J connectivity index is 1.70. The molecule has 0 unspecified atom stereocenters. The second kappa shape index (κ2) is 12.6. The SMILES string of the molecule is CNc1nc2cc(C)cc(OCCCC=O)c2n1C/C=C/Cn1c(=NC(C)=O)sc2cc(C(N)=O)cc(OC)c21. The molecule has 210 valence electrons. The highest BCUT2D eigenvalue weighted by Gasteiger charge is 2.17. The fourth-order valence-corrected chi connectivity index (χ4v) is 5.55. The van der Waals surface area contributed by atoms with Crippen LogP contribution >= 0.6 is 11.3 Å². The molecule has 0 aliphatic rings. The third-order valence-corrected chi connectivity index (χ3v) is 7.17. The van der Waals surface area contributed by atoms with Crippen molar-refractivity contribution >= 4 is 56.6 Å². The van der Waals surface area contributed by atoms with Crippen LogP contribution < -0.4 is 25.3 Å². The first kappa shape index (κ1) is 28.6. The second-order valence-corrected chi connectivity index (χ2v) is 10.1. The summed E-state index contributed by atoms with van der Waals surface area (Å²) in [5.41, 5.74) is 9.21. The van der Waals surface area contributed by atoms with Crippen LogP contribution in [0, 0.1) is 6.92 Å². The van der Waals surface area contributed by atoms with Gasteiger partial charge in [0.15, 0.2) is 4.80 Å². The van der Waals surface area contributed by atoms with E-state index >= 15 is 0 Å². The molecule has 40 heavy (non-hydrogen) atoms. The molecule has 2 amide bonds. The smallest absolute Gasteiger partial charge is 0.248 e. The minimum absolute atomic E-state index is 0.314. The van der Waals surface area contributed by atoms with Crippen LogP contribution in [0.3, 0.4) is 0 Å². The average molecular weight is 565 g/mol. The first-order valence-electron chi connectivity index (χ1n) is 12.7. The number of unbranched alkanes of at least 4 members (excludes halogenated alkanes) is 1. The normalized spacial score (nSPS) is 11.9. The van der Waals surface area contributed by atoms with E-state index in [2.05, 4.69) is 10.3 Å². The maximum Gasteiger partial charge on any atom is 0.248 e. The van der Waals surface area contributed by atoms with Crippen molar-refractivity contribution in [2.45, 2.75) is 39.8 Å². The Bertz CT molecular complexity index is 1680. The number of aromatic nitrogens is 3. The van der Waals surface area contributed by atoms with E-state index in [0.717, 1.165) is 27.6 Å². The lowest BCUT2D eigenvalue weighted by molar-refractivity contribution is -0.116. The zero-order chi connectivity index (χ0) is 28.8. The van der Waals surface area contributed by atoms with E-state index in [-0.39, 0.29) is 5.91 Å². The standard InChI is InChI=1S/C28H32N6O5S/c1-17-13-20-24(22(14-17)39-12-8-7-11-35)33(27(30-3)32-20)9-5-6-10-34-25-21(38-4)15-19(26(29)37)16-23(25)40-28(34)31-18(2)36/h5-6,11,13-16H,7-10,12H2,1-4H3,(H2,29,37)(H,30,32)/b6-5+,31-28?. The number of fused-ring (bicyclic) bond motifs is 2. The summed E-state index contributed by atoms with van der Waals surface area (Å²) in [5, 5.41) is 3.15. The molecule has 0 aliphatic heterocycles. The van der Waals surface area contributed by atoms with E-state index in [9.17, 15) is 14.4 Å². The molecule has 0 fully saturated rings. The quantitative estimate of drug-likeness (QED) is 0.152. The molecule has 2 heterocycles. The van der Waals surface area contributed by atoms with Crippen LogP contribution in [-0.4, -0.2) is 53.0 Å². The summed E-state index contributed by atoms with van der Waals surface area (Å²) in [4.78, 5) is 43.8. The fraction of sp³-hybridized carbons (Fsp3) is 0.321. The maximum absolute atomic E-state index is 11.9. The lowest BCUT2D eigenvalue weighted by Crippen LogP contribution is -2.16. The molecule has 0 radical (unpaired) electrons. The topological polar surface area (TPSA) is 143 Å². The van der Waals surface area contributed by atoms with Crippen LogP contribution in [-0.2, 0) is 22.7 Å². The number of benzene rings is 2. The average Bonchev–Trinajstić information content (AvgIpc) is 3.44. The number of amides is 2. The van der Waals surface area contributed by atoms with Gasteiger partial charge >= 0.3 is 0 Å². The number of primary amides is 1. The Morgan fingerprint density at radius 1 is 1.12 bits per heavy atom. The zero-order valence-electron chi connectivity index (χ0n) is 22.9. The number of rotatable bonds is 12. The van der Waals surface area contributed by atoms with Crippen molar-refractivity contribution in [3.8, 4) is 11.5 Å². The molecule has 2 aromatic heterocycles. The van der Waals surface area contributed by atoms with Gasteiger partial charge in [0.25, 0.3) is 0 Å². The van der Waals surface area contributed by atoms with Crippen molar-refractivity contribution in [2.24, 2.45) is 10.7 Å². The Hall–Kier alpha value is -4.45. The number of hydrogen-bond donors (Lipinski definition) is 2. The summed E-state index contributed by atoms with van der Waals surface area (Å²) in [7, 11) is 3.33. The molecule has 0 aliphatic carbocycles. The molecule has 0 atom stereocenters. The third kappa shape index (κ3) is 6.07. The predicted molar refractivity (Wildman–Crippen MR) is 155 cm³/mol. The van der Waals surface area contributed by atoms with Crippen LogP contribution in [0.25, 0.3) is 21.3 Å². The minimum atomic E-state index is -0.569. The van der Waals surface area contributed by atoms with Crippen LogP contribution in [0.2, 0.25) is 0 Å². The third-order valence-electron chi connectivity index (χ3n) is 6.14. The molecule has 12 heteroatoms. The van der Waals surface area contributed by atoms with E-state index in [1.807, 2.05) is 47.4 Å². The summed E-state index contributed by atoms with van der Waals surface area (Å²) in [6.45, 7) is 4.69. The number of allylic oxidation sites excluding steroid dienone is 2. The van der Waals surface area contributed by atoms with E-state index < -0.39 is 5.91 Å². The molecule has 0 bridgehead atoms. The molecule has 4 aromatic rings. The van der Waals surface area contributed by atoms with Crippen LogP contribution in [0.5, 0.6) is 11.5 Å².